The van der Waals surface area contributed by atoms with E-state index in [1.807, 2.05) is 37.5 Å². The van der Waals surface area contributed by atoms with Gasteiger partial charge in [0.2, 0.25) is 0 Å². The lowest BCUT2D eigenvalue weighted by Gasteiger charge is -2.08. The Hall–Kier alpha value is -2.36. The van der Waals surface area contributed by atoms with Gasteiger partial charge in [-0.25, -0.2) is 4.98 Å². The fraction of sp³-hybridized carbons (Fsp3) is 0.200. The van der Waals surface area contributed by atoms with Crippen LogP contribution in [-0.4, -0.2) is 20.4 Å². The number of aldehydes is 1. The zero-order chi connectivity index (χ0) is 13.2. The number of fused-ring (bicyclic) bond motifs is 1. The summed E-state index contributed by atoms with van der Waals surface area (Å²) in [6, 6.07) is 7.84. The first-order valence-electron chi connectivity index (χ1n) is 6.30. The van der Waals surface area contributed by atoms with Gasteiger partial charge in [-0.05, 0) is 24.4 Å². The minimum atomic E-state index is 0.714. The first-order valence-corrected chi connectivity index (χ1v) is 6.30. The smallest absolute Gasteiger partial charge is 0.150 e. The SMILES string of the molecule is Cc1nccn1CCn1ccc2ccc(C=O)cc21. The normalized spacial score (nSPS) is 11.0. The van der Waals surface area contributed by atoms with E-state index in [0.29, 0.717) is 5.56 Å². The number of imidazole rings is 1. The molecule has 0 amide bonds. The summed E-state index contributed by atoms with van der Waals surface area (Å²) in [6.45, 7) is 3.74. The number of carbonyl (C=O) groups is 1. The molecule has 0 fully saturated rings. The summed E-state index contributed by atoms with van der Waals surface area (Å²) in [5.74, 6) is 1.02. The zero-order valence-electron chi connectivity index (χ0n) is 10.8. The van der Waals surface area contributed by atoms with Crippen LogP contribution in [0.3, 0.4) is 0 Å². The fourth-order valence-electron chi connectivity index (χ4n) is 2.32. The van der Waals surface area contributed by atoms with Crippen molar-refractivity contribution >= 4 is 17.2 Å². The van der Waals surface area contributed by atoms with E-state index in [0.717, 1.165) is 36.1 Å². The number of hydrogen-bond acceptors (Lipinski definition) is 2. The van der Waals surface area contributed by atoms with Gasteiger partial charge >= 0.3 is 0 Å². The molecule has 0 aliphatic carbocycles. The molecule has 0 radical (unpaired) electrons. The standard InChI is InChI=1S/C15H15N3O/c1-12-16-5-7-17(12)8-9-18-6-4-14-3-2-13(11-19)10-15(14)18/h2-7,10-11H,8-9H2,1H3. The highest BCUT2D eigenvalue weighted by atomic mass is 16.1. The summed E-state index contributed by atoms with van der Waals surface area (Å²) in [4.78, 5) is 15.1. The van der Waals surface area contributed by atoms with Gasteiger partial charge in [0.1, 0.15) is 12.1 Å². The quantitative estimate of drug-likeness (QED) is 0.671. The number of aryl methyl sites for hydroxylation is 3. The zero-order valence-corrected chi connectivity index (χ0v) is 10.8. The Labute approximate surface area is 111 Å². The highest BCUT2D eigenvalue weighted by Gasteiger charge is 2.03. The lowest BCUT2D eigenvalue weighted by molar-refractivity contribution is 0.112. The van der Waals surface area contributed by atoms with Crippen LogP contribution >= 0.6 is 0 Å². The van der Waals surface area contributed by atoms with Gasteiger partial charge in [0.05, 0.1) is 0 Å². The van der Waals surface area contributed by atoms with Crippen LogP contribution < -0.4 is 0 Å². The third-order valence-corrected chi connectivity index (χ3v) is 3.44. The van der Waals surface area contributed by atoms with Gasteiger partial charge in [0.25, 0.3) is 0 Å². The predicted octanol–water partition coefficient (Wildman–Crippen LogP) is 2.66. The molecule has 0 aliphatic rings. The average Bonchev–Trinajstić information content (AvgIpc) is 3.02. The molecule has 19 heavy (non-hydrogen) atoms. The summed E-state index contributed by atoms with van der Waals surface area (Å²) < 4.78 is 4.29. The fourth-order valence-corrected chi connectivity index (χ4v) is 2.32. The van der Waals surface area contributed by atoms with Gasteiger partial charge in [-0.2, -0.15) is 0 Å². The van der Waals surface area contributed by atoms with Gasteiger partial charge in [-0.1, -0.05) is 12.1 Å². The van der Waals surface area contributed by atoms with Crippen LogP contribution in [0.15, 0.2) is 42.9 Å². The van der Waals surface area contributed by atoms with E-state index >= 15 is 0 Å². The Morgan fingerprint density at radius 2 is 2.00 bits per heavy atom. The van der Waals surface area contributed by atoms with Crippen molar-refractivity contribution in [2.45, 2.75) is 20.0 Å². The van der Waals surface area contributed by atoms with Gasteiger partial charge in [0.15, 0.2) is 0 Å². The van der Waals surface area contributed by atoms with Crippen molar-refractivity contribution in [3.8, 4) is 0 Å². The van der Waals surface area contributed by atoms with E-state index in [1.54, 1.807) is 0 Å². The molecule has 0 bridgehead atoms. The third kappa shape index (κ3) is 2.17. The molecule has 0 spiro atoms. The van der Waals surface area contributed by atoms with Crippen LogP contribution in [0.4, 0.5) is 0 Å². The Bertz CT molecular complexity index is 724. The van der Waals surface area contributed by atoms with Crippen LogP contribution in [0, 0.1) is 6.92 Å². The third-order valence-electron chi connectivity index (χ3n) is 3.44. The van der Waals surface area contributed by atoms with E-state index in [4.69, 9.17) is 0 Å². The molecule has 3 rings (SSSR count). The number of benzene rings is 1. The van der Waals surface area contributed by atoms with Crippen molar-refractivity contribution in [2.24, 2.45) is 0 Å². The second-order valence-corrected chi connectivity index (χ2v) is 4.61. The van der Waals surface area contributed by atoms with Crippen molar-refractivity contribution in [1.82, 2.24) is 14.1 Å². The summed E-state index contributed by atoms with van der Waals surface area (Å²) in [5, 5.41) is 1.16. The molecule has 2 aromatic heterocycles. The second-order valence-electron chi connectivity index (χ2n) is 4.61. The lowest BCUT2D eigenvalue weighted by Crippen LogP contribution is -2.07. The summed E-state index contributed by atoms with van der Waals surface area (Å²) in [6.07, 6.45) is 6.74. The first-order chi connectivity index (χ1) is 9.28. The Balaban J connectivity index is 1.88. The van der Waals surface area contributed by atoms with Crippen molar-refractivity contribution < 1.29 is 4.79 Å². The van der Waals surface area contributed by atoms with Crippen LogP contribution in [0.5, 0.6) is 0 Å². The topological polar surface area (TPSA) is 39.8 Å². The molecule has 0 saturated heterocycles. The molecule has 96 valence electrons. The number of nitrogens with zero attached hydrogens (tertiary/aromatic N) is 3. The van der Waals surface area contributed by atoms with E-state index in [-0.39, 0.29) is 0 Å². The van der Waals surface area contributed by atoms with Crippen LogP contribution in [0.25, 0.3) is 10.9 Å². The molecular formula is C15H15N3O. The van der Waals surface area contributed by atoms with Gasteiger partial charge in [0, 0.05) is 42.8 Å². The monoisotopic (exact) mass is 253 g/mol. The maximum absolute atomic E-state index is 10.9. The van der Waals surface area contributed by atoms with Gasteiger partial charge < -0.3 is 9.13 Å². The molecule has 3 aromatic rings. The number of carbonyl (C=O) groups excluding carboxylic acids is 1. The van der Waals surface area contributed by atoms with E-state index in [2.05, 4.69) is 26.4 Å². The number of aromatic nitrogens is 3. The molecule has 0 unspecified atom stereocenters. The maximum Gasteiger partial charge on any atom is 0.150 e. The van der Waals surface area contributed by atoms with Crippen molar-refractivity contribution in [1.29, 1.82) is 0 Å². The molecule has 1 aromatic carbocycles. The van der Waals surface area contributed by atoms with Gasteiger partial charge in [-0.3, -0.25) is 4.79 Å². The maximum atomic E-state index is 10.9. The molecule has 0 N–H and O–H groups in total. The number of hydrogen-bond donors (Lipinski definition) is 0. The molecule has 0 aliphatic heterocycles. The summed E-state index contributed by atoms with van der Waals surface area (Å²) in [7, 11) is 0. The molecule has 0 saturated carbocycles. The van der Waals surface area contributed by atoms with Crippen molar-refractivity contribution in [3.63, 3.8) is 0 Å². The minimum Gasteiger partial charge on any atom is -0.346 e. The Morgan fingerprint density at radius 3 is 2.74 bits per heavy atom. The van der Waals surface area contributed by atoms with Crippen LogP contribution in [0.2, 0.25) is 0 Å². The largest absolute Gasteiger partial charge is 0.346 e. The highest BCUT2D eigenvalue weighted by Crippen LogP contribution is 2.17. The van der Waals surface area contributed by atoms with Gasteiger partial charge in [-0.15, -0.1) is 0 Å². The Kier molecular flexibility index (Phi) is 2.91. The molecule has 4 nitrogen and oxygen atoms in total. The molecule has 0 atom stereocenters. The van der Waals surface area contributed by atoms with E-state index in [9.17, 15) is 4.79 Å². The summed E-state index contributed by atoms with van der Waals surface area (Å²) >= 11 is 0. The first kappa shape index (κ1) is 11.7. The van der Waals surface area contributed by atoms with E-state index in [1.165, 1.54) is 0 Å². The van der Waals surface area contributed by atoms with Crippen molar-refractivity contribution in [3.05, 3.63) is 54.2 Å². The van der Waals surface area contributed by atoms with Crippen LogP contribution in [-0.2, 0) is 13.1 Å². The molecule has 2 heterocycles. The van der Waals surface area contributed by atoms with Crippen LogP contribution in [0.1, 0.15) is 16.2 Å². The Morgan fingerprint density at radius 1 is 1.16 bits per heavy atom. The highest BCUT2D eigenvalue weighted by molar-refractivity contribution is 5.87. The molecular weight excluding hydrogens is 238 g/mol. The van der Waals surface area contributed by atoms with E-state index < -0.39 is 0 Å². The minimum absolute atomic E-state index is 0.714. The van der Waals surface area contributed by atoms with Crippen molar-refractivity contribution in [2.75, 3.05) is 0 Å². The summed E-state index contributed by atoms with van der Waals surface area (Å²) in [5.41, 5.74) is 1.81. The molecule has 4 heteroatoms. The second kappa shape index (κ2) is 4.72. The predicted molar refractivity (Wildman–Crippen MR) is 74.3 cm³/mol. The average molecular weight is 253 g/mol. The number of rotatable bonds is 4. The lowest BCUT2D eigenvalue weighted by atomic mass is 10.2.